The van der Waals surface area contributed by atoms with Crippen LogP contribution in [0, 0.1) is 6.92 Å². The summed E-state index contributed by atoms with van der Waals surface area (Å²) in [5, 5.41) is 3.65. The summed E-state index contributed by atoms with van der Waals surface area (Å²) in [6.45, 7) is 11.3. The number of nitrogens with zero attached hydrogens (tertiary/aromatic N) is 1. The molecule has 0 saturated heterocycles. The Bertz CT molecular complexity index is 387. The largest absolute Gasteiger partial charge is 0.314 e. The molecule has 0 radical (unpaired) electrons. The fraction of sp³-hybridized carbons (Fsp3) is 0.684. The van der Waals surface area contributed by atoms with E-state index in [-0.39, 0.29) is 0 Å². The third-order valence-corrected chi connectivity index (χ3v) is 4.26. The second kappa shape index (κ2) is 9.97. The first-order chi connectivity index (χ1) is 9.99. The molecule has 0 aliphatic rings. The number of hydrogen-bond acceptors (Lipinski definition) is 2. The van der Waals surface area contributed by atoms with Gasteiger partial charge in [0.2, 0.25) is 0 Å². The molecule has 0 amide bonds. The molecule has 0 bridgehead atoms. The van der Waals surface area contributed by atoms with Gasteiger partial charge in [-0.15, -0.1) is 0 Å². The monoisotopic (exact) mass is 290 g/mol. The van der Waals surface area contributed by atoms with Crippen LogP contribution in [0.4, 0.5) is 0 Å². The first-order valence-corrected chi connectivity index (χ1v) is 8.48. The Labute approximate surface area is 131 Å². The van der Waals surface area contributed by atoms with Gasteiger partial charge in [0.05, 0.1) is 0 Å². The van der Waals surface area contributed by atoms with Crippen LogP contribution in [0.15, 0.2) is 24.3 Å². The molecule has 1 aromatic rings. The zero-order valence-corrected chi connectivity index (χ0v) is 14.7. The van der Waals surface area contributed by atoms with Crippen molar-refractivity contribution in [3.05, 3.63) is 35.4 Å². The summed E-state index contributed by atoms with van der Waals surface area (Å²) in [6, 6.07) is 10.1. The maximum Gasteiger partial charge on any atom is 0.00418 e. The predicted octanol–water partition coefficient (Wildman–Crippen LogP) is 4.03. The maximum absolute atomic E-state index is 3.65. The van der Waals surface area contributed by atoms with E-state index in [2.05, 4.69) is 69.2 Å². The van der Waals surface area contributed by atoms with Crippen molar-refractivity contribution in [2.24, 2.45) is 0 Å². The molecular weight excluding hydrogens is 256 g/mol. The van der Waals surface area contributed by atoms with Crippen LogP contribution in [-0.2, 0) is 6.42 Å². The van der Waals surface area contributed by atoms with E-state index in [1.165, 1.54) is 43.4 Å². The van der Waals surface area contributed by atoms with Crippen LogP contribution in [-0.4, -0.2) is 37.1 Å². The van der Waals surface area contributed by atoms with Crippen molar-refractivity contribution >= 4 is 0 Å². The Morgan fingerprint density at radius 2 is 1.90 bits per heavy atom. The minimum Gasteiger partial charge on any atom is -0.314 e. The molecule has 1 N–H and O–H groups in total. The van der Waals surface area contributed by atoms with Crippen LogP contribution in [0.1, 0.15) is 51.2 Å². The van der Waals surface area contributed by atoms with Gasteiger partial charge in [0.1, 0.15) is 0 Å². The van der Waals surface area contributed by atoms with Crippen molar-refractivity contribution in [2.75, 3.05) is 20.1 Å². The zero-order chi connectivity index (χ0) is 15.7. The van der Waals surface area contributed by atoms with Gasteiger partial charge in [0.15, 0.2) is 0 Å². The van der Waals surface area contributed by atoms with Crippen molar-refractivity contribution in [1.82, 2.24) is 10.2 Å². The second-order valence-electron chi connectivity index (χ2n) is 6.66. The van der Waals surface area contributed by atoms with Gasteiger partial charge < -0.3 is 10.2 Å². The molecule has 0 aliphatic heterocycles. The first-order valence-electron chi connectivity index (χ1n) is 8.48. The number of nitrogens with one attached hydrogen (secondary N) is 1. The predicted molar refractivity (Wildman–Crippen MR) is 94.0 cm³/mol. The summed E-state index contributed by atoms with van der Waals surface area (Å²) < 4.78 is 0. The van der Waals surface area contributed by atoms with Gasteiger partial charge in [-0.05, 0) is 79.1 Å². The lowest BCUT2D eigenvalue weighted by Crippen LogP contribution is -2.30. The van der Waals surface area contributed by atoms with E-state index in [1.54, 1.807) is 0 Å². The van der Waals surface area contributed by atoms with E-state index in [0.717, 1.165) is 6.54 Å². The molecule has 2 nitrogen and oxygen atoms in total. The molecular formula is C19H34N2. The van der Waals surface area contributed by atoms with Crippen LogP contribution in [0.25, 0.3) is 0 Å². The number of aryl methyl sites for hydroxylation is 2. The number of unbranched alkanes of at least 4 members (excludes halogenated alkanes) is 1. The van der Waals surface area contributed by atoms with Crippen molar-refractivity contribution < 1.29 is 0 Å². The second-order valence-corrected chi connectivity index (χ2v) is 6.66. The number of rotatable bonds is 10. The molecule has 0 heterocycles. The number of hydrogen-bond donors (Lipinski definition) is 1. The van der Waals surface area contributed by atoms with Crippen LogP contribution in [0.2, 0.25) is 0 Å². The van der Waals surface area contributed by atoms with Crippen LogP contribution in [0.5, 0.6) is 0 Å². The molecule has 0 fully saturated rings. The molecule has 0 aromatic heterocycles. The molecule has 2 heteroatoms. The summed E-state index contributed by atoms with van der Waals surface area (Å²) in [5.74, 6) is 0. The minimum absolute atomic E-state index is 0.605. The summed E-state index contributed by atoms with van der Waals surface area (Å²) in [7, 11) is 2.21. The van der Waals surface area contributed by atoms with E-state index in [1.807, 2.05) is 0 Å². The molecule has 1 rings (SSSR count). The quantitative estimate of drug-likeness (QED) is 0.655. The average molecular weight is 290 g/mol. The van der Waals surface area contributed by atoms with Crippen molar-refractivity contribution in [2.45, 2.75) is 65.5 Å². The molecule has 0 saturated carbocycles. The molecule has 21 heavy (non-hydrogen) atoms. The summed E-state index contributed by atoms with van der Waals surface area (Å²) in [5.41, 5.74) is 2.82. The van der Waals surface area contributed by atoms with Gasteiger partial charge >= 0.3 is 0 Å². The zero-order valence-electron chi connectivity index (χ0n) is 14.7. The third kappa shape index (κ3) is 8.23. The summed E-state index contributed by atoms with van der Waals surface area (Å²) in [6.07, 6.45) is 4.94. The lowest BCUT2D eigenvalue weighted by molar-refractivity contribution is 0.267. The van der Waals surface area contributed by atoms with Crippen molar-refractivity contribution in [3.63, 3.8) is 0 Å². The van der Waals surface area contributed by atoms with Crippen LogP contribution in [0.3, 0.4) is 0 Å². The third-order valence-electron chi connectivity index (χ3n) is 4.26. The summed E-state index contributed by atoms with van der Waals surface area (Å²) in [4.78, 5) is 2.42. The van der Waals surface area contributed by atoms with Gasteiger partial charge in [0, 0.05) is 12.1 Å². The highest BCUT2D eigenvalue weighted by molar-refractivity contribution is 5.22. The van der Waals surface area contributed by atoms with E-state index < -0.39 is 0 Å². The molecule has 1 atom stereocenters. The van der Waals surface area contributed by atoms with E-state index in [9.17, 15) is 0 Å². The van der Waals surface area contributed by atoms with Crippen molar-refractivity contribution in [3.8, 4) is 0 Å². The van der Waals surface area contributed by atoms with E-state index in [0.29, 0.717) is 12.1 Å². The van der Waals surface area contributed by atoms with Gasteiger partial charge in [0.25, 0.3) is 0 Å². The fourth-order valence-electron chi connectivity index (χ4n) is 2.45. The van der Waals surface area contributed by atoms with Gasteiger partial charge in [-0.3, -0.25) is 0 Å². The first kappa shape index (κ1) is 18.2. The molecule has 120 valence electrons. The average Bonchev–Trinajstić information content (AvgIpc) is 2.44. The minimum atomic E-state index is 0.605. The lowest BCUT2D eigenvalue weighted by Gasteiger charge is -2.21. The van der Waals surface area contributed by atoms with E-state index >= 15 is 0 Å². The highest BCUT2D eigenvalue weighted by Crippen LogP contribution is 2.08. The molecule has 1 aromatic carbocycles. The topological polar surface area (TPSA) is 15.3 Å². The fourth-order valence-corrected chi connectivity index (χ4v) is 2.45. The SMILES string of the molecule is Cc1cccc(CCC(C)NCCCCN(C)C(C)C)c1. The molecule has 1 unspecified atom stereocenters. The smallest absolute Gasteiger partial charge is 0.00418 e. The number of benzene rings is 1. The Kier molecular flexibility index (Phi) is 8.63. The van der Waals surface area contributed by atoms with Gasteiger partial charge in [-0.25, -0.2) is 0 Å². The van der Waals surface area contributed by atoms with Crippen LogP contribution >= 0.6 is 0 Å². The van der Waals surface area contributed by atoms with E-state index in [4.69, 9.17) is 0 Å². The standard InChI is InChI=1S/C19H34N2/c1-16(2)21(5)14-7-6-13-20-18(4)11-12-19-10-8-9-17(3)15-19/h8-10,15-16,18,20H,6-7,11-14H2,1-5H3. The van der Waals surface area contributed by atoms with Gasteiger partial charge in [-0.2, -0.15) is 0 Å². The molecule has 0 spiro atoms. The Hall–Kier alpha value is -0.860. The lowest BCUT2D eigenvalue weighted by atomic mass is 10.0. The Morgan fingerprint density at radius 3 is 2.57 bits per heavy atom. The highest BCUT2D eigenvalue weighted by atomic mass is 15.1. The highest BCUT2D eigenvalue weighted by Gasteiger charge is 2.04. The maximum atomic E-state index is 3.65. The normalized spacial score (nSPS) is 13.1. The summed E-state index contributed by atoms with van der Waals surface area (Å²) >= 11 is 0. The Balaban J connectivity index is 2.07. The van der Waals surface area contributed by atoms with Crippen molar-refractivity contribution in [1.29, 1.82) is 0 Å². The van der Waals surface area contributed by atoms with Gasteiger partial charge in [-0.1, -0.05) is 29.8 Å². The molecule has 0 aliphatic carbocycles. The Morgan fingerprint density at radius 1 is 1.14 bits per heavy atom. The van der Waals surface area contributed by atoms with Crippen LogP contribution < -0.4 is 5.32 Å².